The van der Waals surface area contributed by atoms with Crippen LogP contribution in [0.25, 0.3) is 0 Å². The van der Waals surface area contributed by atoms with E-state index in [1.807, 2.05) is 0 Å². The molecule has 0 aromatic heterocycles. The Morgan fingerprint density at radius 3 is 0.926 bits per heavy atom. The van der Waals surface area contributed by atoms with Gasteiger partial charge in [-0.1, -0.05) is 0 Å². The second kappa shape index (κ2) is 21.1. The fourth-order valence-corrected chi connectivity index (χ4v) is 8.76. The van der Waals surface area contributed by atoms with Crippen LogP contribution in [-0.4, -0.2) is 25.5 Å². The molecule has 2 heteroatoms. The summed E-state index contributed by atoms with van der Waals surface area (Å²) >= 11 is 0. The molecule has 0 aliphatic carbocycles. The molecule has 0 saturated carbocycles. The number of hydrogen-bond acceptors (Lipinski definition) is 1. The maximum absolute atomic E-state index is 3.96. The minimum atomic E-state index is -1.22. The van der Waals surface area contributed by atoms with E-state index in [1.54, 1.807) is 18.5 Å². The topological polar surface area (TPSA) is 12.0 Å². The zero-order chi connectivity index (χ0) is 20.1. The van der Waals surface area contributed by atoms with Crippen LogP contribution < -0.4 is 5.09 Å². The van der Waals surface area contributed by atoms with Crippen LogP contribution in [0.1, 0.15) is 136 Å². The number of nitrogens with one attached hydrogen (secondary N) is 1. The summed E-state index contributed by atoms with van der Waals surface area (Å²) in [5.74, 6) is 0. The summed E-state index contributed by atoms with van der Waals surface area (Å²) in [6, 6.07) is 0. The van der Waals surface area contributed by atoms with Crippen molar-refractivity contribution in [3.8, 4) is 0 Å². The van der Waals surface area contributed by atoms with Crippen molar-refractivity contribution in [2.45, 2.75) is 136 Å². The van der Waals surface area contributed by atoms with Crippen LogP contribution in [0, 0.1) is 0 Å². The van der Waals surface area contributed by atoms with Crippen LogP contribution in [0.15, 0.2) is 0 Å². The van der Waals surface area contributed by atoms with E-state index in [0.29, 0.717) is 0 Å². The van der Waals surface area contributed by atoms with Crippen molar-refractivity contribution in [2.24, 2.45) is 0 Å². The Morgan fingerprint density at radius 2 is 0.667 bits per heavy atom. The molecule has 27 heavy (non-hydrogen) atoms. The van der Waals surface area contributed by atoms with Gasteiger partial charge in [0.25, 0.3) is 0 Å². The normalized spacial score (nSPS) is 12.6. The zero-order valence-corrected chi connectivity index (χ0v) is 20.8. The van der Waals surface area contributed by atoms with E-state index in [1.165, 1.54) is 116 Å². The van der Waals surface area contributed by atoms with Gasteiger partial charge < -0.3 is 0 Å². The Labute approximate surface area is 174 Å². The molecule has 0 atom stereocenters. The van der Waals surface area contributed by atoms with Crippen molar-refractivity contribution in [3.05, 3.63) is 0 Å². The van der Waals surface area contributed by atoms with Gasteiger partial charge in [-0.05, 0) is 0 Å². The first kappa shape index (κ1) is 27.4. The molecule has 0 spiro atoms. The molecule has 0 amide bonds. The molecule has 1 nitrogen and oxygen atoms in total. The number of rotatable bonds is 22. The average Bonchev–Trinajstić information content (AvgIpc) is 2.69. The Bertz CT molecular complexity index is 239. The van der Waals surface area contributed by atoms with Crippen LogP contribution in [-0.2, 0) is 0 Å². The molecule has 0 aromatic rings. The van der Waals surface area contributed by atoms with E-state index in [2.05, 4.69) is 32.9 Å². The van der Waals surface area contributed by atoms with Gasteiger partial charge in [0.05, 0.1) is 0 Å². The molecule has 0 aromatic carbocycles. The van der Waals surface area contributed by atoms with Crippen molar-refractivity contribution in [2.75, 3.05) is 25.5 Å². The van der Waals surface area contributed by atoms with E-state index >= 15 is 0 Å². The van der Waals surface area contributed by atoms with Crippen LogP contribution in [0.3, 0.4) is 0 Å². The first-order valence-electron chi connectivity index (χ1n) is 12.9. The number of hydrogen-bond donors (Lipinski definition) is 1. The molecule has 0 fully saturated rings. The van der Waals surface area contributed by atoms with Crippen molar-refractivity contribution < 1.29 is 0 Å². The molecule has 0 rings (SSSR count). The van der Waals surface area contributed by atoms with Gasteiger partial charge in [0, 0.05) is 0 Å². The SMILES string of the molecule is CCCCCCCC[PH](CCCCCCCC)(CCCCCCCC)NC. The summed E-state index contributed by atoms with van der Waals surface area (Å²) in [6.07, 6.45) is 30.7. The van der Waals surface area contributed by atoms with E-state index in [4.69, 9.17) is 0 Å². The predicted octanol–water partition coefficient (Wildman–Crippen LogP) is 8.95. The van der Waals surface area contributed by atoms with Crippen molar-refractivity contribution >= 4 is 7.41 Å². The third kappa shape index (κ3) is 17.0. The third-order valence-electron chi connectivity index (χ3n) is 6.56. The van der Waals surface area contributed by atoms with Crippen molar-refractivity contribution in [1.82, 2.24) is 5.09 Å². The summed E-state index contributed by atoms with van der Waals surface area (Å²) in [4.78, 5) is 0. The monoisotopic (exact) mass is 401 g/mol. The Kier molecular flexibility index (Phi) is 21.4. The van der Waals surface area contributed by atoms with E-state index in [9.17, 15) is 0 Å². The first-order valence-corrected chi connectivity index (χ1v) is 15.6. The first-order chi connectivity index (χ1) is 13.2. The molecule has 0 unspecified atom stereocenters. The van der Waals surface area contributed by atoms with E-state index < -0.39 is 7.41 Å². The molecule has 0 aliphatic rings. The standard InChI is InChI=1S/C25H56NP/c1-5-8-11-14-17-20-23-27(26-4,24-21-18-15-12-9-6-2)25-22-19-16-13-10-7-3/h26-27H,5-25H2,1-4H3. The molecule has 0 aliphatic heterocycles. The van der Waals surface area contributed by atoms with Crippen LogP contribution in [0.4, 0.5) is 0 Å². The van der Waals surface area contributed by atoms with Gasteiger partial charge in [-0.3, -0.25) is 0 Å². The molecular formula is C25H56NP. The quantitative estimate of drug-likeness (QED) is 0.141. The summed E-state index contributed by atoms with van der Waals surface area (Å²) in [5.41, 5.74) is 0. The number of unbranched alkanes of at least 4 members (excludes halogenated alkanes) is 15. The van der Waals surface area contributed by atoms with Gasteiger partial charge >= 0.3 is 174 Å². The summed E-state index contributed by atoms with van der Waals surface area (Å²) in [7, 11) is 1.08. The van der Waals surface area contributed by atoms with Crippen molar-refractivity contribution in [3.63, 3.8) is 0 Å². The molecule has 0 saturated heterocycles. The second-order valence-electron chi connectivity index (χ2n) is 9.08. The molecule has 0 bridgehead atoms. The summed E-state index contributed by atoms with van der Waals surface area (Å²) in [5, 5.41) is 3.96. The minimum absolute atomic E-state index is 1.22. The summed E-state index contributed by atoms with van der Waals surface area (Å²) < 4.78 is 0. The fraction of sp³-hybridized carbons (Fsp3) is 1.00. The third-order valence-corrected chi connectivity index (χ3v) is 11.5. The van der Waals surface area contributed by atoms with Gasteiger partial charge in [0.2, 0.25) is 0 Å². The van der Waals surface area contributed by atoms with E-state index in [-0.39, 0.29) is 0 Å². The molecule has 0 heterocycles. The molecule has 1 N–H and O–H groups in total. The molecule has 166 valence electrons. The Morgan fingerprint density at radius 1 is 0.407 bits per heavy atom. The van der Waals surface area contributed by atoms with Gasteiger partial charge in [-0.2, -0.15) is 0 Å². The van der Waals surface area contributed by atoms with Crippen LogP contribution in [0.5, 0.6) is 0 Å². The Balaban J connectivity index is 4.23. The molecular weight excluding hydrogens is 345 g/mol. The van der Waals surface area contributed by atoms with E-state index in [0.717, 1.165) is 0 Å². The van der Waals surface area contributed by atoms with Gasteiger partial charge in [0.1, 0.15) is 0 Å². The Hall–Kier alpha value is 0.390. The maximum atomic E-state index is 3.96. The second-order valence-corrected chi connectivity index (χ2v) is 13.6. The summed E-state index contributed by atoms with van der Waals surface area (Å²) in [6.45, 7) is 6.96. The average molecular weight is 402 g/mol. The van der Waals surface area contributed by atoms with Crippen LogP contribution >= 0.6 is 7.41 Å². The fourth-order valence-electron chi connectivity index (χ4n) is 4.48. The van der Waals surface area contributed by atoms with Gasteiger partial charge in [0.15, 0.2) is 0 Å². The van der Waals surface area contributed by atoms with Gasteiger partial charge in [-0.25, -0.2) is 0 Å². The molecule has 0 radical (unpaired) electrons. The van der Waals surface area contributed by atoms with Gasteiger partial charge in [-0.15, -0.1) is 0 Å². The predicted molar refractivity (Wildman–Crippen MR) is 132 cm³/mol. The van der Waals surface area contributed by atoms with Crippen molar-refractivity contribution in [1.29, 1.82) is 0 Å². The zero-order valence-electron chi connectivity index (χ0n) is 19.8. The van der Waals surface area contributed by atoms with Crippen LogP contribution in [0.2, 0.25) is 0 Å².